The van der Waals surface area contributed by atoms with Gasteiger partial charge in [-0.05, 0) is 25.5 Å². The number of rotatable bonds is 5. The topological polar surface area (TPSA) is 80.0 Å². The van der Waals surface area contributed by atoms with Gasteiger partial charge in [0.2, 0.25) is 0 Å². The Kier molecular flexibility index (Phi) is 5.97. The number of carbonyl (C=O) groups is 1. The summed E-state index contributed by atoms with van der Waals surface area (Å²) in [4.78, 5) is 31.1. The second-order valence-electron chi connectivity index (χ2n) is 8.12. The first-order valence-electron chi connectivity index (χ1n) is 10.9. The van der Waals surface area contributed by atoms with E-state index in [9.17, 15) is 4.79 Å². The largest absolute Gasteiger partial charge is 0.353 e. The zero-order valence-electron chi connectivity index (χ0n) is 18.6. The fourth-order valence-corrected chi connectivity index (χ4v) is 3.87. The minimum atomic E-state index is 0.0282. The van der Waals surface area contributed by atoms with Crippen LogP contribution in [-0.4, -0.2) is 61.7 Å². The molecule has 162 valence electrons. The number of pyridine rings is 1. The Hall–Kier alpha value is -3.29. The third kappa shape index (κ3) is 4.28. The highest BCUT2D eigenvalue weighted by molar-refractivity contribution is 5.95. The highest BCUT2D eigenvalue weighted by Gasteiger charge is 2.27. The second-order valence-corrected chi connectivity index (χ2v) is 8.12. The number of aromatic nitrogens is 5. The maximum Gasteiger partial charge on any atom is 0.257 e. The Morgan fingerprint density at radius 1 is 1.10 bits per heavy atom. The van der Waals surface area contributed by atoms with Crippen LogP contribution in [0, 0.1) is 6.92 Å². The predicted octanol–water partition coefficient (Wildman–Crippen LogP) is 3.01. The van der Waals surface area contributed by atoms with Gasteiger partial charge >= 0.3 is 0 Å². The molecule has 8 nitrogen and oxygen atoms in total. The molecule has 0 radical (unpaired) electrons. The molecule has 4 rings (SSSR count). The highest BCUT2D eigenvalue weighted by atomic mass is 16.2. The number of carbonyl (C=O) groups excluding carboxylic acids is 1. The van der Waals surface area contributed by atoms with Crippen LogP contribution in [0.15, 0.2) is 36.7 Å². The molecule has 1 fully saturated rings. The van der Waals surface area contributed by atoms with Crippen molar-refractivity contribution in [2.75, 3.05) is 31.1 Å². The van der Waals surface area contributed by atoms with Gasteiger partial charge in [-0.1, -0.05) is 26.8 Å². The minimum Gasteiger partial charge on any atom is -0.353 e. The van der Waals surface area contributed by atoms with E-state index in [-0.39, 0.29) is 11.8 Å². The Morgan fingerprint density at radius 2 is 1.87 bits per heavy atom. The average Bonchev–Trinajstić information content (AvgIpc) is 3.23. The van der Waals surface area contributed by atoms with Crippen LogP contribution in [0.5, 0.6) is 0 Å². The number of aryl methyl sites for hydroxylation is 1. The van der Waals surface area contributed by atoms with Gasteiger partial charge in [0.25, 0.3) is 5.91 Å². The monoisotopic (exact) mass is 419 g/mol. The standard InChI is InChI=1S/C23H29N7O/c1-5-19-18(15-25-30(19)20-8-6-7-9-24-20)23(31)29-12-10-28(11-13-29)21-14-17(4)26-22(27-21)16(2)3/h6-9,14-16H,5,10-13H2,1-4H3. The summed E-state index contributed by atoms with van der Waals surface area (Å²) < 4.78 is 1.76. The van der Waals surface area contributed by atoms with Crippen LogP contribution in [0.2, 0.25) is 0 Å². The lowest BCUT2D eigenvalue weighted by Crippen LogP contribution is -2.49. The smallest absolute Gasteiger partial charge is 0.257 e. The van der Waals surface area contributed by atoms with Gasteiger partial charge in [-0.2, -0.15) is 5.10 Å². The van der Waals surface area contributed by atoms with Gasteiger partial charge < -0.3 is 9.80 Å². The summed E-state index contributed by atoms with van der Waals surface area (Å²) in [5.74, 6) is 2.84. The van der Waals surface area contributed by atoms with Crippen LogP contribution in [-0.2, 0) is 6.42 Å². The molecule has 4 heterocycles. The van der Waals surface area contributed by atoms with Crippen LogP contribution >= 0.6 is 0 Å². The van der Waals surface area contributed by atoms with Gasteiger partial charge in [0.1, 0.15) is 11.6 Å². The van der Waals surface area contributed by atoms with Crippen LogP contribution in [0.3, 0.4) is 0 Å². The first-order valence-corrected chi connectivity index (χ1v) is 10.9. The Bertz CT molecular complexity index is 1050. The molecule has 0 unspecified atom stereocenters. The van der Waals surface area contributed by atoms with Crippen molar-refractivity contribution in [2.24, 2.45) is 0 Å². The van der Waals surface area contributed by atoms with Crippen molar-refractivity contribution in [3.8, 4) is 5.82 Å². The normalized spacial score (nSPS) is 14.4. The molecule has 1 aliphatic rings. The Labute approximate surface area is 183 Å². The molecular weight excluding hydrogens is 390 g/mol. The lowest BCUT2D eigenvalue weighted by molar-refractivity contribution is 0.0745. The first kappa shape index (κ1) is 21.0. The number of nitrogens with zero attached hydrogens (tertiary/aromatic N) is 7. The quantitative estimate of drug-likeness (QED) is 0.632. The van der Waals surface area contributed by atoms with Crippen molar-refractivity contribution in [3.63, 3.8) is 0 Å². The molecule has 1 saturated heterocycles. The lowest BCUT2D eigenvalue weighted by atomic mass is 10.1. The van der Waals surface area contributed by atoms with E-state index in [2.05, 4.69) is 33.8 Å². The van der Waals surface area contributed by atoms with E-state index in [1.165, 1.54) is 0 Å². The maximum absolute atomic E-state index is 13.3. The molecule has 0 spiro atoms. The van der Waals surface area contributed by atoms with Crippen molar-refractivity contribution in [3.05, 3.63) is 59.4 Å². The summed E-state index contributed by atoms with van der Waals surface area (Å²) in [7, 11) is 0. The summed E-state index contributed by atoms with van der Waals surface area (Å²) in [6.45, 7) is 11.0. The summed E-state index contributed by atoms with van der Waals surface area (Å²) in [5.41, 5.74) is 2.52. The summed E-state index contributed by atoms with van der Waals surface area (Å²) in [5, 5.41) is 4.45. The van der Waals surface area contributed by atoms with Crippen molar-refractivity contribution in [1.29, 1.82) is 0 Å². The first-order chi connectivity index (χ1) is 15.0. The molecule has 3 aromatic heterocycles. The van der Waals surface area contributed by atoms with Gasteiger partial charge in [0.05, 0.1) is 17.5 Å². The Morgan fingerprint density at radius 3 is 2.52 bits per heavy atom. The van der Waals surface area contributed by atoms with Crippen LogP contribution in [0.1, 0.15) is 54.3 Å². The van der Waals surface area contributed by atoms with E-state index in [1.54, 1.807) is 17.1 Å². The predicted molar refractivity (Wildman–Crippen MR) is 120 cm³/mol. The molecule has 1 amide bonds. The minimum absolute atomic E-state index is 0.0282. The number of hydrogen-bond donors (Lipinski definition) is 0. The van der Waals surface area contributed by atoms with Crippen molar-refractivity contribution < 1.29 is 4.79 Å². The van der Waals surface area contributed by atoms with Crippen LogP contribution in [0.25, 0.3) is 5.82 Å². The number of anilines is 1. The fourth-order valence-electron chi connectivity index (χ4n) is 3.87. The maximum atomic E-state index is 13.3. The Balaban J connectivity index is 1.49. The second kappa shape index (κ2) is 8.83. The van der Waals surface area contributed by atoms with E-state index < -0.39 is 0 Å². The molecule has 0 saturated carbocycles. The third-order valence-electron chi connectivity index (χ3n) is 5.57. The summed E-state index contributed by atoms with van der Waals surface area (Å²) in [6, 6.07) is 7.71. The molecular formula is C23H29N7O. The summed E-state index contributed by atoms with van der Waals surface area (Å²) >= 11 is 0. The van der Waals surface area contributed by atoms with Gasteiger partial charge in [0, 0.05) is 50.1 Å². The van der Waals surface area contributed by atoms with E-state index in [0.29, 0.717) is 25.1 Å². The molecule has 8 heteroatoms. The van der Waals surface area contributed by atoms with Gasteiger partial charge in [0.15, 0.2) is 5.82 Å². The third-order valence-corrected chi connectivity index (χ3v) is 5.57. The number of piperazine rings is 1. The fraction of sp³-hybridized carbons (Fsp3) is 0.435. The van der Waals surface area contributed by atoms with E-state index in [0.717, 1.165) is 41.9 Å². The van der Waals surface area contributed by atoms with Gasteiger partial charge in [-0.15, -0.1) is 0 Å². The van der Waals surface area contributed by atoms with Crippen LogP contribution < -0.4 is 4.90 Å². The van der Waals surface area contributed by atoms with E-state index >= 15 is 0 Å². The van der Waals surface area contributed by atoms with Crippen molar-refractivity contribution in [1.82, 2.24) is 29.6 Å². The number of hydrogen-bond acceptors (Lipinski definition) is 6. The number of amides is 1. The molecule has 3 aromatic rings. The average molecular weight is 420 g/mol. The molecule has 1 aliphatic heterocycles. The lowest BCUT2D eigenvalue weighted by Gasteiger charge is -2.35. The van der Waals surface area contributed by atoms with Crippen molar-refractivity contribution in [2.45, 2.75) is 40.0 Å². The molecule has 0 bridgehead atoms. The van der Waals surface area contributed by atoms with Gasteiger partial charge in [-0.3, -0.25) is 4.79 Å². The van der Waals surface area contributed by atoms with Gasteiger partial charge in [-0.25, -0.2) is 19.6 Å². The SMILES string of the molecule is CCc1c(C(=O)N2CCN(c3cc(C)nc(C(C)C)n3)CC2)cnn1-c1ccccn1. The molecule has 0 aromatic carbocycles. The zero-order valence-corrected chi connectivity index (χ0v) is 18.6. The molecule has 0 atom stereocenters. The van der Waals surface area contributed by atoms with Crippen LogP contribution in [0.4, 0.5) is 5.82 Å². The molecule has 0 aliphatic carbocycles. The van der Waals surface area contributed by atoms with E-state index in [1.807, 2.05) is 43.0 Å². The molecule has 0 N–H and O–H groups in total. The van der Waals surface area contributed by atoms with E-state index in [4.69, 9.17) is 4.98 Å². The summed E-state index contributed by atoms with van der Waals surface area (Å²) in [6.07, 6.45) is 4.11. The molecule has 31 heavy (non-hydrogen) atoms. The highest BCUT2D eigenvalue weighted by Crippen LogP contribution is 2.21. The zero-order chi connectivity index (χ0) is 22.0. The van der Waals surface area contributed by atoms with Crippen molar-refractivity contribution >= 4 is 11.7 Å².